The van der Waals surface area contributed by atoms with Crippen molar-refractivity contribution in [2.24, 2.45) is 0 Å². The van der Waals surface area contributed by atoms with Crippen LogP contribution in [0.4, 0.5) is 0 Å². The molecular formula is C13H15NO2S. The number of benzene rings is 1. The summed E-state index contributed by atoms with van der Waals surface area (Å²) in [4.78, 5) is 14.4. The van der Waals surface area contributed by atoms with Gasteiger partial charge in [-0.15, -0.1) is 0 Å². The van der Waals surface area contributed by atoms with E-state index < -0.39 is 0 Å². The molecule has 2 aliphatic rings. The van der Waals surface area contributed by atoms with Gasteiger partial charge in [-0.1, -0.05) is 18.2 Å². The zero-order chi connectivity index (χ0) is 11.7. The molecule has 0 aliphatic carbocycles. The third-order valence-electron chi connectivity index (χ3n) is 3.32. The van der Waals surface area contributed by atoms with E-state index in [2.05, 4.69) is 0 Å². The lowest BCUT2D eigenvalue weighted by Crippen LogP contribution is -2.41. The van der Waals surface area contributed by atoms with Gasteiger partial charge in [0.25, 0.3) is 0 Å². The smallest absolute Gasteiger partial charge is 0.233 e. The van der Waals surface area contributed by atoms with Gasteiger partial charge in [0, 0.05) is 30.2 Å². The van der Waals surface area contributed by atoms with Gasteiger partial charge >= 0.3 is 0 Å². The van der Waals surface area contributed by atoms with Gasteiger partial charge in [0.05, 0.1) is 0 Å². The Bertz CT molecular complexity index is 429. The van der Waals surface area contributed by atoms with Crippen molar-refractivity contribution >= 4 is 17.7 Å². The second kappa shape index (κ2) is 4.61. The summed E-state index contributed by atoms with van der Waals surface area (Å²) < 4.78 is 5.57. The molecule has 0 N–H and O–H groups in total. The lowest BCUT2D eigenvalue weighted by molar-refractivity contribution is -0.132. The van der Waals surface area contributed by atoms with Crippen LogP contribution >= 0.6 is 11.8 Å². The number of ether oxygens (including phenoxy) is 1. The number of thioether (sulfide) groups is 1. The first kappa shape index (κ1) is 11.0. The van der Waals surface area contributed by atoms with Gasteiger partial charge < -0.3 is 9.64 Å². The van der Waals surface area contributed by atoms with E-state index >= 15 is 0 Å². The maximum absolute atomic E-state index is 12.4. The summed E-state index contributed by atoms with van der Waals surface area (Å²) in [6.45, 7) is 2.26. The molecule has 3 rings (SSSR count). The fraction of sp³-hybridized carbons (Fsp3) is 0.462. The van der Waals surface area contributed by atoms with E-state index in [1.54, 1.807) is 0 Å². The Kier molecular flexibility index (Phi) is 2.97. The Labute approximate surface area is 105 Å². The number of rotatable bonds is 1. The summed E-state index contributed by atoms with van der Waals surface area (Å²) in [5.41, 5.74) is 1.05. The first-order chi connectivity index (χ1) is 8.36. The van der Waals surface area contributed by atoms with Crippen molar-refractivity contribution in [1.82, 2.24) is 4.90 Å². The minimum absolute atomic E-state index is 0.0886. The van der Waals surface area contributed by atoms with Gasteiger partial charge in [0.2, 0.25) is 5.91 Å². The van der Waals surface area contributed by atoms with Crippen molar-refractivity contribution < 1.29 is 9.53 Å². The second-order valence-electron chi connectivity index (χ2n) is 4.34. The molecule has 4 heteroatoms. The van der Waals surface area contributed by atoms with Crippen LogP contribution in [-0.2, 0) is 4.79 Å². The predicted molar refractivity (Wildman–Crippen MR) is 68.6 cm³/mol. The molecule has 0 bridgehead atoms. The Morgan fingerprint density at radius 2 is 2.06 bits per heavy atom. The largest absolute Gasteiger partial charge is 0.492 e. The fourth-order valence-electron chi connectivity index (χ4n) is 2.37. The van der Waals surface area contributed by atoms with E-state index in [4.69, 9.17) is 4.74 Å². The highest BCUT2D eigenvalue weighted by atomic mass is 32.2. The number of carbonyl (C=O) groups excluding carboxylic acids is 1. The van der Waals surface area contributed by atoms with Crippen LogP contribution in [0.15, 0.2) is 24.3 Å². The van der Waals surface area contributed by atoms with Crippen LogP contribution in [0.5, 0.6) is 5.75 Å². The summed E-state index contributed by atoms with van der Waals surface area (Å²) in [7, 11) is 0. The number of amides is 1. The van der Waals surface area contributed by atoms with Crippen molar-refractivity contribution in [3.63, 3.8) is 0 Å². The Morgan fingerprint density at radius 1 is 1.29 bits per heavy atom. The van der Waals surface area contributed by atoms with Crippen LogP contribution in [0.25, 0.3) is 0 Å². The zero-order valence-corrected chi connectivity index (χ0v) is 10.4. The normalized spacial score (nSPS) is 23.1. The molecule has 17 heavy (non-hydrogen) atoms. The van der Waals surface area contributed by atoms with Gasteiger partial charge in [-0.2, -0.15) is 11.8 Å². The molecule has 0 saturated carbocycles. The minimum atomic E-state index is -0.0886. The molecule has 2 aliphatic heterocycles. The highest BCUT2D eigenvalue weighted by Crippen LogP contribution is 2.34. The maximum Gasteiger partial charge on any atom is 0.233 e. The Balaban J connectivity index is 1.79. The summed E-state index contributed by atoms with van der Waals surface area (Å²) in [6, 6.07) is 7.86. The molecule has 1 amide bonds. The van der Waals surface area contributed by atoms with E-state index in [1.165, 1.54) is 0 Å². The molecule has 0 spiro atoms. The van der Waals surface area contributed by atoms with Crippen LogP contribution in [0.2, 0.25) is 0 Å². The molecule has 3 nitrogen and oxygen atoms in total. The number of fused-ring (bicyclic) bond motifs is 1. The SMILES string of the molecule is O=C(C1COc2ccccc21)N1CCSCC1. The van der Waals surface area contributed by atoms with Gasteiger partial charge in [-0.3, -0.25) is 4.79 Å². The fourth-order valence-corrected chi connectivity index (χ4v) is 3.27. The first-order valence-corrected chi connectivity index (χ1v) is 7.10. The van der Waals surface area contributed by atoms with Crippen LogP contribution in [0, 0.1) is 0 Å². The summed E-state index contributed by atoms with van der Waals surface area (Å²) >= 11 is 1.92. The molecule has 0 radical (unpaired) electrons. The predicted octanol–water partition coefficient (Wildman–Crippen LogP) is 1.74. The average molecular weight is 249 g/mol. The van der Waals surface area contributed by atoms with E-state index in [0.717, 1.165) is 35.9 Å². The summed E-state index contributed by atoms with van der Waals surface area (Å²) in [5.74, 6) is 3.13. The zero-order valence-electron chi connectivity index (χ0n) is 9.59. The number of para-hydroxylation sites is 1. The van der Waals surface area contributed by atoms with E-state index in [0.29, 0.717) is 6.61 Å². The highest BCUT2D eigenvalue weighted by Gasteiger charge is 2.33. The summed E-state index contributed by atoms with van der Waals surface area (Å²) in [6.07, 6.45) is 0. The van der Waals surface area contributed by atoms with Gasteiger partial charge in [0.1, 0.15) is 18.3 Å². The lowest BCUT2D eigenvalue weighted by Gasteiger charge is -2.28. The van der Waals surface area contributed by atoms with Crippen molar-refractivity contribution in [2.45, 2.75) is 5.92 Å². The summed E-state index contributed by atoms with van der Waals surface area (Å²) in [5, 5.41) is 0. The van der Waals surface area contributed by atoms with E-state index in [-0.39, 0.29) is 11.8 Å². The van der Waals surface area contributed by atoms with Crippen LogP contribution in [-0.4, -0.2) is 42.0 Å². The lowest BCUT2D eigenvalue weighted by atomic mass is 10.00. The first-order valence-electron chi connectivity index (χ1n) is 5.94. The molecular weight excluding hydrogens is 234 g/mol. The molecule has 1 unspecified atom stereocenters. The molecule has 1 atom stereocenters. The molecule has 1 fully saturated rings. The molecule has 1 aromatic rings. The molecule has 1 saturated heterocycles. The molecule has 90 valence electrons. The number of nitrogens with zero attached hydrogens (tertiary/aromatic N) is 1. The van der Waals surface area contributed by atoms with Crippen LogP contribution < -0.4 is 4.74 Å². The highest BCUT2D eigenvalue weighted by molar-refractivity contribution is 7.99. The van der Waals surface area contributed by atoms with Gasteiger partial charge in [0.15, 0.2) is 0 Å². The second-order valence-corrected chi connectivity index (χ2v) is 5.56. The minimum Gasteiger partial charge on any atom is -0.492 e. The monoisotopic (exact) mass is 249 g/mol. The van der Waals surface area contributed by atoms with Crippen molar-refractivity contribution in [3.05, 3.63) is 29.8 Å². The van der Waals surface area contributed by atoms with Crippen molar-refractivity contribution in [2.75, 3.05) is 31.2 Å². The van der Waals surface area contributed by atoms with E-state index in [1.807, 2.05) is 40.9 Å². The molecule has 0 aromatic heterocycles. The third-order valence-corrected chi connectivity index (χ3v) is 4.26. The number of hydrogen-bond acceptors (Lipinski definition) is 3. The van der Waals surface area contributed by atoms with Crippen LogP contribution in [0.1, 0.15) is 11.5 Å². The van der Waals surface area contributed by atoms with E-state index in [9.17, 15) is 4.79 Å². The average Bonchev–Trinajstić information content (AvgIpc) is 2.83. The van der Waals surface area contributed by atoms with Gasteiger partial charge in [-0.25, -0.2) is 0 Å². The molecule has 2 heterocycles. The quantitative estimate of drug-likeness (QED) is 0.759. The number of hydrogen-bond donors (Lipinski definition) is 0. The van der Waals surface area contributed by atoms with Gasteiger partial charge in [-0.05, 0) is 6.07 Å². The topological polar surface area (TPSA) is 29.5 Å². The Hall–Kier alpha value is -1.16. The number of carbonyl (C=O) groups is 1. The van der Waals surface area contributed by atoms with Crippen molar-refractivity contribution in [3.8, 4) is 5.75 Å². The maximum atomic E-state index is 12.4. The molecule has 1 aromatic carbocycles. The van der Waals surface area contributed by atoms with Crippen LogP contribution in [0.3, 0.4) is 0 Å². The van der Waals surface area contributed by atoms with Crippen molar-refractivity contribution in [1.29, 1.82) is 0 Å². The Morgan fingerprint density at radius 3 is 2.88 bits per heavy atom. The third kappa shape index (κ3) is 2.02. The standard InChI is InChI=1S/C13H15NO2S/c15-13(14-5-7-17-8-6-14)11-9-16-12-4-2-1-3-10(11)12/h1-4,11H,5-9H2.